The molecule has 190 valence electrons. The molecule has 0 radical (unpaired) electrons. The maximum absolute atomic E-state index is 12.8. The molecule has 12 nitrogen and oxygen atoms in total. The molecule has 0 aliphatic heterocycles. The molecule has 0 aliphatic carbocycles. The summed E-state index contributed by atoms with van der Waals surface area (Å²) in [4.78, 5) is 59.8. The quantitative estimate of drug-likeness (QED) is 0.0906. The number of aliphatic carboxylic acids is 2. The lowest BCUT2D eigenvalue weighted by Gasteiger charge is -2.25. The van der Waals surface area contributed by atoms with Gasteiger partial charge in [-0.25, -0.2) is 4.79 Å². The third-order valence-corrected chi connectivity index (χ3v) is 5.09. The predicted octanol–water partition coefficient (Wildman–Crippen LogP) is -1.18. The van der Waals surface area contributed by atoms with E-state index in [1.54, 1.807) is 0 Å². The summed E-state index contributed by atoms with van der Waals surface area (Å²) in [5.74, 6) is -4.47. The molecule has 0 spiro atoms. The van der Waals surface area contributed by atoms with Gasteiger partial charge < -0.3 is 37.6 Å². The molecule has 0 aromatic carbocycles. The van der Waals surface area contributed by atoms with E-state index in [1.807, 2.05) is 13.8 Å². The van der Waals surface area contributed by atoms with Crippen LogP contribution < -0.4 is 27.4 Å². The fourth-order valence-electron chi connectivity index (χ4n) is 2.88. The number of hydrogen-bond acceptors (Lipinski definition) is 8. The van der Waals surface area contributed by atoms with Crippen LogP contribution in [0.15, 0.2) is 0 Å². The van der Waals surface area contributed by atoms with Crippen molar-refractivity contribution < 1.29 is 34.2 Å². The van der Waals surface area contributed by atoms with E-state index in [0.29, 0.717) is 19.4 Å². The van der Waals surface area contributed by atoms with Crippen LogP contribution in [0.25, 0.3) is 0 Å². The molecule has 0 heterocycles. The van der Waals surface area contributed by atoms with Gasteiger partial charge in [0.1, 0.15) is 18.1 Å². The van der Waals surface area contributed by atoms with Gasteiger partial charge in [-0.05, 0) is 44.6 Å². The highest BCUT2D eigenvalue weighted by atomic mass is 32.1. The van der Waals surface area contributed by atoms with E-state index in [9.17, 15) is 29.1 Å². The molecule has 0 fully saturated rings. The van der Waals surface area contributed by atoms with E-state index in [-0.39, 0.29) is 37.4 Å². The van der Waals surface area contributed by atoms with Crippen molar-refractivity contribution in [1.29, 1.82) is 0 Å². The minimum Gasteiger partial charge on any atom is -0.481 e. The number of carbonyl (C=O) groups excluding carboxylic acids is 3. The number of carboxylic acid groups (broad SMARTS) is 2. The van der Waals surface area contributed by atoms with Crippen molar-refractivity contribution >= 4 is 42.3 Å². The van der Waals surface area contributed by atoms with E-state index >= 15 is 0 Å². The molecule has 0 aromatic heterocycles. The number of hydrogen-bond donors (Lipinski definition) is 8. The minimum absolute atomic E-state index is 0.00138. The first kappa shape index (κ1) is 30.6. The van der Waals surface area contributed by atoms with E-state index < -0.39 is 53.8 Å². The number of nitrogens with one attached hydrogen (secondary N) is 3. The molecule has 0 bridgehead atoms. The van der Waals surface area contributed by atoms with Crippen molar-refractivity contribution in [3.63, 3.8) is 0 Å². The molecule has 0 saturated carbocycles. The standard InChI is InChI=1S/C20H37N5O7S/c1-11(2)9-14(24-17(28)12(22)6-7-16(26)27)18(29)25-15(10-33)19(30)23-13(20(31)32)5-3-4-8-21/h11-15,33H,3-10,21-22H2,1-2H3,(H,23,30)(H,24,28)(H,25,29)(H,26,27)(H,31,32). The maximum atomic E-state index is 12.8. The number of rotatable bonds is 17. The van der Waals surface area contributed by atoms with Crippen molar-refractivity contribution in [2.24, 2.45) is 17.4 Å². The summed E-state index contributed by atoms with van der Waals surface area (Å²) in [7, 11) is 0. The first-order valence-corrected chi connectivity index (χ1v) is 11.5. The second-order valence-corrected chi connectivity index (χ2v) is 8.52. The molecular formula is C20H37N5O7S. The van der Waals surface area contributed by atoms with Crippen LogP contribution in [0.2, 0.25) is 0 Å². The van der Waals surface area contributed by atoms with Crippen molar-refractivity contribution in [3.05, 3.63) is 0 Å². The molecule has 4 atom stereocenters. The van der Waals surface area contributed by atoms with Gasteiger partial charge in [-0.1, -0.05) is 13.8 Å². The van der Waals surface area contributed by atoms with E-state index in [1.165, 1.54) is 0 Å². The topological polar surface area (TPSA) is 214 Å². The highest BCUT2D eigenvalue weighted by Crippen LogP contribution is 2.08. The number of thiol groups is 1. The highest BCUT2D eigenvalue weighted by Gasteiger charge is 2.30. The summed E-state index contributed by atoms with van der Waals surface area (Å²) in [5.41, 5.74) is 11.1. The largest absolute Gasteiger partial charge is 0.481 e. The lowest BCUT2D eigenvalue weighted by molar-refractivity contribution is -0.142. The zero-order chi connectivity index (χ0) is 25.6. The fraction of sp³-hybridized carbons (Fsp3) is 0.750. The summed E-state index contributed by atoms with van der Waals surface area (Å²) < 4.78 is 0. The molecule has 0 aliphatic rings. The summed E-state index contributed by atoms with van der Waals surface area (Å²) in [6, 6.07) is -4.41. The van der Waals surface area contributed by atoms with Crippen LogP contribution in [0.4, 0.5) is 0 Å². The minimum atomic E-state index is -1.20. The van der Waals surface area contributed by atoms with Crippen LogP contribution in [-0.2, 0) is 24.0 Å². The average molecular weight is 492 g/mol. The second kappa shape index (κ2) is 16.3. The molecule has 4 unspecified atom stereocenters. The van der Waals surface area contributed by atoms with Crippen LogP contribution in [0.1, 0.15) is 52.4 Å². The van der Waals surface area contributed by atoms with Crippen LogP contribution in [-0.4, -0.2) is 76.3 Å². The van der Waals surface area contributed by atoms with Crippen molar-refractivity contribution in [1.82, 2.24) is 16.0 Å². The van der Waals surface area contributed by atoms with E-state index in [4.69, 9.17) is 16.6 Å². The van der Waals surface area contributed by atoms with Crippen molar-refractivity contribution in [2.45, 2.75) is 76.5 Å². The normalized spacial score (nSPS) is 14.6. The van der Waals surface area contributed by atoms with Gasteiger partial charge in [0.05, 0.1) is 6.04 Å². The smallest absolute Gasteiger partial charge is 0.326 e. The van der Waals surface area contributed by atoms with Gasteiger partial charge in [-0.2, -0.15) is 12.6 Å². The predicted molar refractivity (Wildman–Crippen MR) is 124 cm³/mol. The lowest BCUT2D eigenvalue weighted by Crippen LogP contribution is -2.57. The maximum Gasteiger partial charge on any atom is 0.326 e. The Morgan fingerprint density at radius 2 is 1.39 bits per heavy atom. The van der Waals surface area contributed by atoms with Gasteiger partial charge in [-0.3, -0.25) is 19.2 Å². The molecular weight excluding hydrogens is 454 g/mol. The SMILES string of the molecule is CC(C)CC(NC(=O)C(N)CCC(=O)O)C(=O)NC(CS)C(=O)NC(CCCCN)C(=O)O. The first-order valence-electron chi connectivity index (χ1n) is 10.8. The number of carboxylic acids is 2. The molecule has 0 rings (SSSR count). The Hall–Kier alpha value is -2.38. The molecule has 9 N–H and O–H groups in total. The Kier molecular flexibility index (Phi) is 15.1. The van der Waals surface area contributed by atoms with Crippen LogP contribution in [0, 0.1) is 5.92 Å². The average Bonchev–Trinajstić information content (AvgIpc) is 2.73. The van der Waals surface area contributed by atoms with E-state index in [0.717, 1.165) is 0 Å². The Bertz CT molecular complexity index is 677. The zero-order valence-corrected chi connectivity index (χ0v) is 20.0. The highest BCUT2D eigenvalue weighted by molar-refractivity contribution is 7.80. The number of amides is 3. The zero-order valence-electron chi connectivity index (χ0n) is 19.1. The van der Waals surface area contributed by atoms with Crippen molar-refractivity contribution in [2.75, 3.05) is 12.3 Å². The third kappa shape index (κ3) is 13.0. The van der Waals surface area contributed by atoms with Gasteiger partial charge in [0, 0.05) is 12.2 Å². The molecule has 3 amide bonds. The van der Waals surface area contributed by atoms with Crippen LogP contribution in [0.5, 0.6) is 0 Å². The monoisotopic (exact) mass is 491 g/mol. The third-order valence-electron chi connectivity index (χ3n) is 4.72. The number of carbonyl (C=O) groups is 5. The Morgan fingerprint density at radius 1 is 0.848 bits per heavy atom. The molecule has 13 heteroatoms. The number of unbranched alkanes of at least 4 members (excludes halogenated alkanes) is 1. The fourth-order valence-corrected chi connectivity index (χ4v) is 3.14. The Balaban J connectivity index is 5.17. The van der Waals surface area contributed by atoms with Crippen LogP contribution in [0.3, 0.4) is 0 Å². The molecule has 0 saturated heterocycles. The lowest BCUT2D eigenvalue weighted by atomic mass is 10.0. The van der Waals surface area contributed by atoms with E-state index in [2.05, 4.69) is 28.6 Å². The van der Waals surface area contributed by atoms with Gasteiger partial charge in [0.2, 0.25) is 17.7 Å². The summed E-state index contributed by atoms with van der Waals surface area (Å²) in [6.45, 7) is 4.06. The van der Waals surface area contributed by atoms with Gasteiger partial charge in [0.25, 0.3) is 0 Å². The van der Waals surface area contributed by atoms with Gasteiger partial charge in [0.15, 0.2) is 0 Å². The van der Waals surface area contributed by atoms with Gasteiger partial charge in [-0.15, -0.1) is 0 Å². The van der Waals surface area contributed by atoms with Crippen molar-refractivity contribution in [3.8, 4) is 0 Å². The first-order chi connectivity index (χ1) is 15.4. The second-order valence-electron chi connectivity index (χ2n) is 8.16. The Morgan fingerprint density at radius 3 is 1.88 bits per heavy atom. The summed E-state index contributed by atoms with van der Waals surface area (Å²) in [6.07, 6.45) is 1.15. The number of nitrogens with two attached hydrogens (primary N) is 2. The summed E-state index contributed by atoms with van der Waals surface area (Å²) in [5, 5.41) is 25.4. The molecule has 0 aromatic rings. The summed E-state index contributed by atoms with van der Waals surface area (Å²) >= 11 is 4.07. The van der Waals surface area contributed by atoms with Gasteiger partial charge >= 0.3 is 11.9 Å². The Labute approximate surface area is 199 Å². The molecule has 33 heavy (non-hydrogen) atoms. The van der Waals surface area contributed by atoms with Crippen LogP contribution >= 0.6 is 12.6 Å².